The van der Waals surface area contributed by atoms with Crippen molar-refractivity contribution < 1.29 is 13.2 Å². The van der Waals surface area contributed by atoms with Crippen LogP contribution in [0.2, 0.25) is 0 Å². The highest BCUT2D eigenvalue weighted by Gasteiger charge is 2.29. The van der Waals surface area contributed by atoms with E-state index in [-0.39, 0.29) is 11.9 Å². The molecule has 1 saturated heterocycles. The molecular formula is C13H25N3O3S. The van der Waals surface area contributed by atoms with Gasteiger partial charge in [0.2, 0.25) is 15.9 Å². The second kappa shape index (κ2) is 6.41. The number of rotatable bonds is 4. The number of sulfonamides is 1. The first kappa shape index (κ1) is 15.7. The lowest BCUT2D eigenvalue weighted by atomic mass is 10.2. The Morgan fingerprint density at radius 2 is 1.70 bits per heavy atom. The fraction of sp³-hybridized carbons (Fsp3) is 0.923. The molecule has 1 N–H and O–H groups in total. The van der Waals surface area contributed by atoms with Crippen LogP contribution in [0, 0.1) is 0 Å². The predicted molar refractivity (Wildman–Crippen MR) is 77.9 cm³/mol. The largest absolute Gasteiger partial charge is 0.352 e. The van der Waals surface area contributed by atoms with Crippen molar-refractivity contribution in [2.24, 2.45) is 0 Å². The van der Waals surface area contributed by atoms with Crippen molar-refractivity contribution in [2.75, 3.05) is 32.4 Å². The molecule has 1 heterocycles. The second-order valence-corrected chi connectivity index (χ2v) is 7.85. The van der Waals surface area contributed by atoms with E-state index in [1.54, 1.807) is 0 Å². The van der Waals surface area contributed by atoms with Crippen molar-refractivity contribution in [1.29, 1.82) is 0 Å². The Hall–Kier alpha value is -0.660. The van der Waals surface area contributed by atoms with Crippen LogP contribution in [0.3, 0.4) is 0 Å². The first-order chi connectivity index (χ1) is 9.38. The summed E-state index contributed by atoms with van der Waals surface area (Å²) in [5.41, 5.74) is 0. The van der Waals surface area contributed by atoms with Crippen LogP contribution < -0.4 is 5.32 Å². The Kier molecular flexibility index (Phi) is 5.04. The van der Waals surface area contributed by atoms with Crippen molar-refractivity contribution in [3.63, 3.8) is 0 Å². The summed E-state index contributed by atoms with van der Waals surface area (Å²) in [6.45, 7) is 4.08. The average molecular weight is 303 g/mol. The molecule has 0 aromatic heterocycles. The van der Waals surface area contributed by atoms with Crippen LogP contribution in [0.1, 0.15) is 32.6 Å². The van der Waals surface area contributed by atoms with E-state index in [9.17, 15) is 13.2 Å². The molecule has 7 heteroatoms. The molecule has 0 bridgehead atoms. The number of nitrogens with zero attached hydrogens (tertiary/aromatic N) is 2. The summed E-state index contributed by atoms with van der Waals surface area (Å²) in [4.78, 5) is 14.3. The molecule has 1 atom stereocenters. The fourth-order valence-corrected chi connectivity index (χ4v) is 3.81. The normalized spacial score (nSPS) is 24.7. The van der Waals surface area contributed by atoms with Gasteiger partial charge in [0.05, 0.1) is 12.3 Å². The van der Waals surface area contributed by atoms with Crippen LogP contribution >= 0.6 is 0 Å². The summed E-state index contributed by atoms with van der Waals surface area (Å²) in [5.74, 6) is 0.0738. The molecule has 0 aromatic rings. The van der Waals surface area contributed by atoms with Crippen LogP contribution in [0.5, 0.6) is 0 Å². The summed E-state index contributed by atoms with van der Waals surface area (Å²) in [6, 6.07) is 0.152. The highest BCUT2D eigenvalue weighted by atomic mass is 32.2. The van der Waals surface area contributed by atoms with E-state index in [0.717, 1.165) is 12.8 Å². The summed E-state index contributed by atoms with van der Waals surface area (Å²) in [7, 11) is -3.11. The zero-order valence-corrected chi connectivity index (χ0v) is 13.2. The molecule has 1 saturated carbocycles. The van der Waals surface area contributed by atoms with Crippen molar-refractivity contribution in [3.05, 3.63) is 0 Å². The third-order valence-electron chi connectivity index (χ3n) is 4.37. The van der Waals surface area contributed by atoms with Gasteiger partial charge in [0.1, 0.15) is 0 Å². The van der Waals surface area contributed by atoms with Crippen molar-refractivity contribution in [1.82, 2.24) is 14.5 Å². The zero-order chi connectivity index (χ0) is 14.8. The molecule has 1 amide bonds. The summed E-state index contributed by atoms with van der Waals surface area (Å²) in [5, 5.41) is 3.10. The maximum absolute atomic E-state index is 12.2. The molecule has 1 aliphatic carbocycles. The topological polar surface area (TPSA) is 69.7 Å². The lowest BCUT2D eigenvalue weighted by Gasteiger charge is -2.36. The van der Waals surface area contributed by atoms with E-state index >= 15 is 0 Å². The Morgan fingerprint density at radius 1 is 1.15 bits per heavy atom. The highest BCUT2D eigenvalue weighted by molar-refractivity contribution is 7.88. The molecule has 1 aliphatic heterocycles. The number of hydrogen-bond donors (Lipinski definition) is 1. The molecule has 0 spiro atoms. The van der Waals surface area contributed by atoms with E-state index in [0.29, 0.717) is 32.2 Å². The molecule has 116 valence electrons. The van der Waals surface area contributed by atoms with Crippen LogP contribution in [0.4, 0.5) is 0 Å². The SMILES string of the molecule is C[C@@H](C(=O)NC1CCCC1)N1CCN(S(C)(=O)=O)CC1. The number of piperazine rings is 1. The highest BCUT2D eigenvalue weighted by Crippen LogP contribution is 2.18. The minimum Gasteiger partial charge on any atom is -0.352 e. The van der Waals surface area contributed by atoms with E-state index in [4.69, 9.17) is 0 Å². The van der Waals surface area contributed by atoms with Gasteiger partial charge in [-0.05, 0) is 19.8 Å². The van der Waals surface area contributed by atoms with E-state index in [1.807, 2.05) is 6.92 Å². The molecule has 2 aliphatic rings. The predicted octanol–water partition coefficient (Wildman–Crippen LogP) is 0.0109. The van der Waals surface area contributed by atoms with Gasteiger partial charge in [-0.3, -0.25) is 9.69 Å². The number of hydrogen-bond acceptors (Lipinski definition) is 4. The van der Waals surface area contributed by atoms with E-state index in [2.05, 4.69) is 10.2 Å². The van der Waals surface area contributed by atoms with Gasteiger partial charge in [-0.25, -0.2) is 8.42 Å². The number of carbonyl (C=O) groups is 1. The monoisotopic (exact) mass is 303 g/mol. The van der Waals surface area contributed by atoms with Gasteiger partial charge in [0, 0.05) is 32.2 Å². The van der Waals surface area contributed by atoms with Gasteiger partial charge >= 0.3 is 0 Å². The first-order valence-corrected chi connectivity index (χ1v) is 9.22. The maximum Gasteiger partial charge on any atom is 0.237 e. The lowest BCUT2D eigenvalue weighted by molar-refractivity contribution is -0.127. The van der Waals surface area contributed by atoms with Crippen molar-refractivity contribution in [2.45, 2.75) is 44.7 Å². The van der Waals surface area contributed by atoms with Crippen LogP contribution in [-0.4, -0.2) is 68.0 Å². The molecular weight excluding hydrogens is 278 g/mol. The third-order valence-corrected chi connectivity index (χ3v) is 5.67. The van der Waals surface area contributed by atoms with Crippen LogP contribution in [0.15, 0.2) is 0 Å². The minimum atomic E-state index is -3.11. The first-order valence-electron chi connectivity index (χ1n) is 7.37. The zero-order valence-electron chi connectivity index (χ0n) is 12.3. The fourth-order valence-electron chi connectivity index (χ4n) is 2.98. The molecule has 20 heavy (non-hydrogen) atoms. The van der Waals surface area contributed by atoms with Crippen LogP contribution in [-0.2, 0) is 14.8 Å². The summed E-state index contributed by atoms with van der Waals surface area (Å²) >= 11 is 0. The standard InChI is InChI=1S/C13H25N3O3S/c1-11(13(17)14-12-5-3-4-6-12)15-7-9-16(10-8-15)20(2,18)19/h11-12H,3-10H2,1-2H3,(H,14,17)/t11-/m0/s1. The van der Waals surface area contributed by atoms with E-state index in [1.165, 1.54) is 23.4 Å². The van der Waals surface area contributed by atoms with Gasteiger partial charge in [-0.15, -0.1) is 0 Å². The molecule has 0 aromatic carbocycles. The number of nitrogens with one attached hydrogen (secondary N) is 1. The Balaban J connectivity index is 1.81. The van der Waals surface area contributed by atoms with Crippen LogP contribution in [0.25, 0.3) is 0 Å². The van der Waals surface area contributed by atoms with Crippen molar-refractivity contribution >= 4 is 15.9 Å². The molecule has 6 nitrogen and oxygen atoms in total. The smallest absolute Gasteiger partial charge is 0.237 e. The summed E-state index contributed by atoms with van der Waals surface area (Å²) in [6.07, 6.45) is 5.80. The maximum atomic E-state index is 12.2. The van der Waals surface area contributed by atoms with Gasteiger partial charge in [0.15, 0.2) is 0 Å². The number of amides is 1. The van der Waals surface area contributed by atoms with Gasteiger partial charge in [-0.1, -0.05) is 12.8 Å². The second-order valence-electron chi connectivity index (χ2n) is 5.86. The quantitative estimate of drug-likeness (QED) is 0.794. The summed E-state index contributed by atoms with van der Waals surface area (Å²) < 4.78 is 24.4. The molecule has 2 fully saturated rings. The lowest BCUT2D eigenvalue weighted by Crippen LogP contribution is -2.55. The van der Waals surface area contributed by atoms with Gasteiger partial charge < -0.3 is 5.32 Å². The van der Waals surface area contributed by atoms with Gasteiger partial charge in [0.25, 0.3) is 0 Å². The molecule has 0 unspecified atom stereocenters. The Morgan fingerprint density at radius 3 is 2.20 bits per heavy atom. The Labute approximate surface area is 121 Å². The van der Waals surface area contributed by atoms with E-state index < -0.39 is 10.0 Å². The average Bonchev–Trinajstić information content (AvgIpc) is 2.90. The molecule has 2 rings (SSSR count). The minimum absolute atomic E-state index is 0.0738. The van der Waals surface area contributed by atoms with Gasteiger partial charge in [-0.2, -0.15) is 4.31 Å². The number of carbonyl (C=O) groups excluding carboxylic acids is 1. The molecule has 0 radical (unpaired) electrons. The third kappa shape index (κ3) is 3.93. The van der Waals surface area contributed by atoms with Crippen molar-refractivity contribution in [3.8, 4) is 0 Å². The Bertz CT molecular complexity index is 438.